The van der Waals surface area contributed by atoms with Crippen molar-refractivity contribution in [1.29, 1.82) is 0 Å². The second-order valence-corrected chi connectivity index (χ2v) is 7.90. The first kappa shape index (κ1) is 18.3. The molecular weight excluding hydrogens is 408 g/mol. The van der Waals surface area contributed by atoms with Gasteiger partial charge in [0.25, 0.3) is 5.91 Å². The lowest BCUT2D eigenvalue weighted by Gasteiger charge is -2.25. The lowest BCUT2D eigenvalue weighted by Crippen LogP contribution is -2.42. The number of halogens is 2. The molecule has 0 bridgehead atoms. The zero-order valence-corrected chi connectivity index (χ0v) is 16.5. The Hall–Kier alpha value is -1.53. The van der Waals surface area contributed by atoms with E-state index in [0.29, 0.717) is 5.02 Å². The molecule has 0 aliphatic carbocycles. The van der Waals surface area contributed by atoms with Crippen molar-refractivity contribution in [3.63, 3.8) is 0 Å². The maximum absolute atomic E-state index is 12.7. The predicted octanol–water partition coefficient (Wildman–Crippen LogP) is 4.39. The van der Waals surface area contributed by atoms with E-state index >= 15 is 0 Å². The Morgan fingerprint density at radius 3 is 2.60 bits per heavy atom. The van der Waals surface area contributed by atoms with E-state index in [1.165, 1.54) is 0 Å². The Kier molecular flexibility index (Phi) is 5.39. The van der Waals surface area contributed by atoms with Crippen LogP contribution in [0.3, 0.4) is 0 Å². The number of nitrogens with one attached hydrogen (secondary N) is 1. The summed E-state index contributed by atoms with van der Waals surface area (Å²) < 4.78 is 6.42. The molecule has 134 valence electrons. The van der Waals surface area contributed by atoms with Gasteiger partial charge in [0.1, 0.15) is 5.69 Å². The van der Waals surface area contributed by atoms with Crippen LogP contribution in [0.5, 0.6) is 0 Å². The summed E-state index contributed by atoms with van der Waals surface area (Å²) in [5.74, 6) is -0.853. The molecule has 1 amide bonds. The second kappa shape index (κ2) is 7.38. The van der Waals surface area contributed by atoms with Crippen LogP contribution in [-0.4, -0.2) is 41.0 Å². The van der Waals surface area contributed by atoms with E-state index in [1.807, 2.05) is 32.0 Å². The Morgan fingerprint density at radius 1 is 1.28 bits per heavy atom. The summed E-state index contributed by atoms with van der Waals surface area (Å²) in [4.78, 5) is 30.0. The van der Waals surface area contributed by atoms with Crippen molar-refractivity contribution in [3.8, 4) is 0 Å². The number of aromatic amines is 1. The van der Waals surface area contributed by atoms with Crippen molar-refractivity contribution >= 4 is 50.3 Å². The highest BCUT2D eigenvalue weighted by Crippen LogP contribution is 2.30. The number of hydrogen-bond acceptors (Lipinski definition) is 3. The number of aromatic nitrogens is 1. The van der Waals surface area contributed by atoms with Crippen LogP contribution < -0.4 is 0 Å². The van der Waals surface area contributed by atoms with Gasteiger partial charge >= 0.3 is 5.97 Å². The lowest BCUT2D eigenvalue weighted by atomic mass is 10.1. The van der Waals surface area contributed by atoms with E-state index in [2.05, 4.69) is 20.9 Å². The molecular formula is C18H20BrClN2O3. The molecule has 25 heavy (non-hydrogen) atoms. The summed E-state index contributed by atoms with van der Waals surface area (Å²) in [5, 5.41) is 1.03. The van der Waals surface area contributed by atoms with Gasteiger partial charge in [0.15, 0.2) is 6.10 Å². The molecule has 1 saturated heterocycles. The molecule has 7 heteroatoms. The average Bonchev–Trinajstić information content (AvgIpc) is 3.20. The summed E-state index contributed by atoms with van der Waals surface area (Å²) in [6.45, 7) is 5.19. The number of H-pyrrole nitrogens is 1. The molecule has 1 N–H and O–H groups in total. The number of hydrogen-bond donors (Lipinski definition) is 1. The first-order valence-corrected chi connectivity index (χ1v) is 9.52. The maximum atomic E-state index is 12.7. The number of benzene rings is 1. The number of rotatable bonds is 4. The van der Waals surface area contributed by atoms with Gasteiger partial charge < -0.3 is 14.6 Å². The molecule has 2 aromatic rings. The van der Waals surface area contributed by atoms with E-state index < -0.39 is 12.1 Å². The average molecular weight is 428 g/mol. The van der Waals surface area contributed by atoms with Gasteiger partial charge in [-0.3, -0.25) is 4.79 Å². The van der Waals surface area contributed by atoms with Crippen LogP contribution in [0.2, 0.25) is 5.02 Å². The van der Waals surface area contributed by atoms with Crippen LogP contribution in [0.15, 0.2) is 22.7 Å². The summed E-state index contributed by atoms with van der Waals surface area (Å²) in [6, 6.07) is 5.52. The molecule has 0 spiro atoms. The minimum absolute atomic E-state index is 0.116. The van der Waals surface area contributed by atoms with Gasteiger partial charge in [-0.25, -0.2) is 4.79 Å². The molecule has 1 aliphatic rings. The molecule has 0 unspecified atom stereocenters. The molecule has 1 fully saturated rings. The number of nitrogens with zero attached hydrogens (tertiary/aromatic N) is 1. The van der Waals surface area contributed by atoms with E-state index in [1.54, 1.807) is 4.90 Å². The highest BCUT2D eigenvalue weighted by Gasteiger charge is 2.33. The maximum Gasteiger partial charge on any atom is 0.357 e. The zero-order valence-electron chi connectivity index (χ0n) is 14.1. The fourth-order valence-electron chi connectivity index (χ4n) is 3.04. The summed E-state index contributed by atoms with van der Waals surface area (Å²) in [7, 11) is 0. The smallest absolute Gasteiger partial charge is 0.357 e. The number of amides is 1. The molecule has 0 saturated carbocycles. The Morgan fingerprint density at radius 2 is 1.96 bits per heavy atom. The van der Waals surface area contributed by atoms with Crippen molar-refractivity contribution in [2.75, 3.05) is 13.1 Å². The van der Waals surface area contributed by atoms with Crippen molar-refractivity contribution in [1.82, 2.24) is 9.88 Å². The predicted molar refractivity (Wildman–Crippen MR) is 101 cm³/mol. The zero-order chi connectivity index (χ0) is 18.1. The summed E-state index contributed by atoms with van der Waals surface area (Å²) in [6.07, 6.45) is 1.18. The monoisotopic (exact) mass is 426 g/mol. The standard InChI is InChI=1S/C18H20BrClN2O3/c1-10(2)16(17(23)22-7-3-4-8-22)25-18(24)15-14(20)12-9-11(19)5-6-13(12)21-15/h5-6,9-10,16,21H,3-4,7-8H2,1-2H3/t16-/m0/s1. The van der Waals surface area contributed by atoms with Crippen LogP contribution in [-0.2, 0) is 9.53 Å². The fourth-order valence-corrected chi connectivity index (χ4v) is 3.68. The van der Waals surface area contributed by atoms with Gasteiger partial charge in [-0.05, 0) is 37.0 Å². The third-order valence-electron chi connectivity index (χ3n) is 4.40. The van der Waals surface area contributed by atoms with E-state index in [0.717, 1.165) is 41.3 Å². The van der Waals surface area contributed by atoms with Gasteiger partial charge in [-0.2, -0.15) is 0 Å². The van der Waals surface area contributed by atoms with Gasteiger partial charge in [-0.1, -0.05) is 41.4 Å². The molecule has 1 atom stereocenters. The first-order valence-electron chi connectivity index (χ1n) is 8.35. The number of fused-ring (bicyclic) bond motifs is 1. The normalized spacial score (nSPS) is 15.8. The molecule has 0 radical (unpaired) electrons. The summed E-state index contributed by atoms with van der Waals surface area (Å²) in [5.41, 5.74) is 0.918. The number of carbonyl (C=O) groups excluding carboxylic acids is 2. The Labute approximate surface area is 159 Å². The molecule has 1 aromatic heterocycles. The number of likely N-dealkylation sites (tertiary alicyclic amines) is 1. The van der Waals surface area contributed by atoms with Crippen molar-refractivity contribution < 1.29 is 14.3 Å². The van der Waals surface area contributed by atoms with Crippen molar-refractivity contribution in [3.05, 3.63) is 33.4 Å². The van der Waals surface area contributed by atoms with Crippen LogP contribution in [0.1, 0.15) is 37.2 Å². The van der Waals surface area contributed by atoms with Gasteiger partial charge in [0.05, 0.1) is 5.02 Å². The highest BCUT2D eigenvalue weighted by atomic mass is 79.9. The number of ether oxygens (including phenoxy) is 1. The minimum atomic E-state index is -0.806. The molecule has 3 rings (SSSR count). The topological polar surface area (TPSA) is 62.4 Å². The number of carbonyl (C=O) groups is 2. The van der Waals surface area contributed by atoms with Gasteiger partial charge in [0.2, 0.25) is 0 Å². The third-order valence-corrected chi connectivity index (χ3v) is 5.29. The highest BCUT2D eigenvalue weighted by molar-refractivity contribution is 9.10. The van der Waals surface area contributed by atoms with Crippen molar-refractivity contribution in [2.45, 2.75) is 32.8 Å². The van der Waals surface area contributed by atoms with Crippen LogP contribution in [0.25, 0.3) is 10.9 Å². The minimum Gasteiger partial charge on any atom is -0.447 e. The Bertz CT molecular complexity index is 812. The quantitative estimate of drug-likeness (QED) is 0.736. The van der Waals surface area contributed by atoms with Crippen molar-refractivity contribution in [2.24, 2.45) is 5.92 Å². The fraction of sp³-hybridized carbons (Fsp3) is 0.444. The number of esters is 1. The summed E-state index contributed by atoms with van der Waals surface area (Å²) >= 11 is 9.74. The van der Waals surface area contributed by atoms with Crippen LogP contribution in [0.4, 0.5) is 0 Å². The van der Waals surface area contributed by atoms with E-state index in [9.17, 15) is 9.59 Å². The largest absolute Gasteiger partial charge is 0.447 e. The molecule has 1 aromatic carbocycles. The third kappa shape index (κ3) is 3.70. The first-order chi connectivity index (χ1) is 11.9. The van der Waals surface area contributed by atoms with Crippen LogP contribution in [0, 0.1) is 5.92 Å². The molecule has 2 heterocycles. The van der Waals surface area contributed by atoms with Gasteiger partial charge in [-0.15, -0.1) is 0 Å². The molecule has 5 nitrogen and oxygen atoms in total. The molecule has 1 aliphatic heterocycles. The Balaban J connectivity index is 1.84. The lowest BCUT2D eigenvalue weighted by molar-refractivity contribution is -0.141. The van der Waals surface area contributed by atoms with Crippen LogP contribution >= 0.6 is 27.5 Å². The van der Waals surface area contributed by atoms with Gasteiger partial charge in [0, 0.05) is 28.5 Å². The van der Waals surface area contributed by atoms with E-state index in [-0.39, 0.29) is 17.5 Å². The van der Waals surface area contributed by atoms with E-state index in [4.69, 9.17) is 16.3 Å². The second-order valence-electron chi connectivity index (χ2n) is 6.61. The SMILES string of the molecule is CC(C)[C@H](OC(=O)c1[nH]c2ccc(Br)cc2c1Cl)C(=O)N1CCCC1.